The molecule has 1 aliphatic rings. The van der Waals surface area contributed by atoms with Crippen molar-refractivity contribution < 1.29 is 17.4 Å². The van der Waals surface area contributed by atoms with Crippen LogP contribution in [0.25, 0.3) is 22.0 Å². The first-order valence-corrected chi connectivity index (χ1v) is 13.8. The van der Waals surface area contributed by atoms with Gasteiger partial charge in [0.25, 0.3) is 0 Å². The number of hydrogen-bond donors (Lipinski definition) is 3. The number of anilines is 2. The van der Waals surface area contributed by atoms with E-state index < -0.39 is 27.2 Å². The molecule has 4 aromatic rings. The van der Waals surface area contributed by atoms with E-state index in [-0.39, 0.29) is 28.6 Å². The lowest BCUT2D eigenvalue weighted by molar-refractivity contribution is 0.478. The van der Waals surface area contributed by atoms with Gasteiger partial charge in [-0.1, -0.05) is 30.3 Å². The van der Waals surface area contributed by atoms with E-state index in [1.165, 1.54) is 30.5 Å². The Bertz CT molecular complexity index is 1540. The summed E-state index contributed by atoms with van der Waals surface area (Å²) in [5, 5.41) is 7.02. The predicted molar refractivity (Wildman–Crippen MR) is 143 cm³/mol. The molecule has 0 bridgehead atoms. The van der Waals surface area contributed by atoms with E-state index in [0.717, 1.165) is 31.5 Å². The first-order valence-electron chi connectivity index (χ1n) is 11.9. The minimum Gasteiger partial charge on any atom is -0.350 e. The molecule has 5 rings (SSSR count). The van der Waals surface area contributed by atoms with Gasteiger partial charge in [0.15, 0.2) is 11.6 Å². The van der Waals surface area contributed by atoms with Crippen LogP contribution in [0.5, 0.6) is 0 Å². The van der Waals surface area contributed by atoms with Gasteiger partial charge < -0.3 is 15.4 Å². The minimum atomic E-state index is -3.01. The Morgan fingerprint density at radius 2 is 1.86 bits per heavy atom. The van der Waals surface area contributed by atoms with E-state index >= 15 is 8.78 Å². The van der Waals surface area contributed by atoms with Gasteiger partial charge in [0.2, 0.25) is 5.95 Å². The number of benzene rings is 3. The molecule has 2 heterocycles. The van der Waals surface area contributed by atoms with E-state index in [4.69, 9.17) is 0 Å². The third-order valence-electron chi connectivity index (χ3n) is 6.21. The number of piperidine rings is 1. The first-order chi connectivity index (χ1) is 17.8. The molecule has 6 nitrogen and oxygen atoms in total. The highest BCUT2D eigenvalue weighted by atomic mass is 32.2. The number of halogens is 3. The number of hydrogen-bond acceptors (Lipinski definition) is 5. The molecule has 3 aromatic carbocycles. The summed E-state index contributed by atoms with van der Waals surface area (Å²) in [7, 11) is -3.01. The summed E-state index contributed by atoms with van der Waals surface area (Å²) in [6, 6.07) is 14.2. The SMILES string of the molecule is C=S(=O)(Cc1ccccc1)Nc1ccc(-c2cc3cnc(N[C@H]4CCCNC4)nc3cc2F)c(F)c1F. The van der Waals surface area contributed by atoms with Crippen LogP contribution < -0.4 is 15.4 Å². The zero-order chi connectivity index (χ0) is 26.0. The summed E-state index contributed by atoms with van der Waals surface area (Å²) >= 11 is 0. The summed E-state index contributed by atoms with van der Waals surface area (Å²) in [5.74, 6) is 0.787. The van der Waals surface area contributed by atoms with Crippen LogP contribution in [-0.2, 0) is 15.5 Å². The lowest BCUT2D eigenvalue weighted by Gasteiger charge is -2.23. The lowest BCUT2D eigenvalue weighted by Crippen LogP contribution is -2.38. The van der Waals surface area contributed by atoms with Crippen molar-refractivity contribution in [3.05, 3.63) is 83.8 Å². The van der Waals surface area contributed by atoms with Gasteiger partial charge in [0.1, 0.15) is 5.82 Å². The Labute approximate surface area is 213 Å². The van der Waals surface area contributed by atoms with Crippen LogP contribution in [0.4, 0.5) is 24.8 Å². The third-order valence-corrected chi connectivity index (χ3v) is 7.60. The van der Waals surface area contributed by atoms with Crippen molar-refractivity contribution in [3.8, 4) is 11.1 Å². The van der Waals surface area contributed by atoms with E-state index in [9.17, 15) is 8.60 Å². The average molecular weight is 526 g/mol. The van der Waals surface area contributed by atoms with Gasteiger partial charge in [-0.05, 0) is 49.0 Å². The molecule has 37 heavy (non-hydrogen) atoms. The molecule has 1 unspecified atom stereocenters. The van der Waals surface area contributed by atoms with Crippen molar-refractivity contribution in [1.29, 1.82) is 0 Å². The average Bonchev–Trinajstić information content (AvgIpc) is 2.88. The largest absolute Gasteiger partial charge is 0.350 e. The van der Waals surface area contributed by atoms with Crippen LogP contribution in [-0.4, -0.2) is 39.2 Å². The molecule has 10 heteroatoms. The fourth-order valence-electron chi connectivity index (χ4n) is 4.40. The maximum atomic E-state index is 15.1. The molecule has 1 aliphatic heterocycles. The van der Waals surface area contributed by atoms with Crippen LogP contribution in [0, 0.1) is 17.5 Å². The lowest BCUT2D eigenvalue weighted by atomic mass is 10.0. The third kappa shape index (κ3) is 5.70. The Hall–Kier alpha value is -3.63. The summed E-state index contributed by atoms with van der Waals surface area (Å²) in [6.07, 6.45) is 3.54. The van der Waals surface area contributed by atoms with E-state index in [1.54, 1.807) is 24.3 Å². The smallest absolute Gasteiger partial charge is 0.223 e. The van der Waals surface area contributed by atoms with E-state index in [0.29, 0.717) is 16.9 Å². The zero-order valence-corrected chi connectivity index (χ0v) is 20.8. The molecule has 3 N–H and O–H groups in total. The van der Waals surface area contributed by atoms with Crippen molar-refractivity contribution in [2.75, 3.05) is 23.1 Å². The normalized spacial score (nSPS) is 17.3. The van der Waals surface area contributed by atoms with Gasteiger partial charge in [-0.2, -0.15) is 0 Å². The highest BCUT2D eigenvalue weighted by Crippen LogP contribution is 2.33. The summed E-state index contributed by atoms with van der Waals surface area (Å²) in [5.41, 5.74) is 0.378. The minimum absolute atomic E-state index is 0.0318. The van der Waals surface area contributed by atoms with E-state index in [2.05, 4.69) is 31.2 Å². The molecule has 0 aliphatic carbocycles. The molecule has 1 fully saturated rings. The van der Waals surface area contributed by atoms with Crippen LogP contribution in [0.15, 0.2) is 60.8 Å². The summed E-state index contributed by atoms with van der Waals surface area (Å²) in [6.45, 7) is 1.76. The van der Waals surface area contributed by atoms with Crippen LogP contribution in [0.2, 0.25) is 0 Å². The molecule has 0 saturated carbocycles. The number of nitrogens with one attached hydrogen (secondary N) is 3. The zero-order valence-electron chi connectivity index (χ0n) is 19.9. The molecule has 1 saturated heterocycles. The van der Waals surface area contributed by atoms with Crippen molar-refractivity contribution in [1.82, 2.24) is 15.3 Å². The fourth-order valence-corrected chi connectivity index (χ4v) is 5.76. The number of rotatable bonds is 7. The molecule has 1 aromatic heterocycles. The number of aromatic nitrogens is 2. The molecular weight excluding hydrogens is 499 g/mol. The van der Waals surface area contributed by atoms with Crippen molar-refractivity contribution in [2.24, 2.45) is 0 Å². The number of fused-ring (bicyclic) bond motifs is 1. The van der Waals surface area contributed by atoms with Crippen molar-refractivity contribution >= 4 is 38.1 Å². The quantitative estimate of drug-likeness (QED) is 0.292. The second kappa shape index (κ2) is 10.4. The molecular formula is C27H26F3N5OS. The summed E-state index contributed by atoms with van der Waals surface area (Å²) in [4.78, 5) is 8.69. The first kappa shape index (κ1) is 25.0. The summed E-state index contributed by atoms with van der Waals surface area (Å²) < 4.78 is 60.6. The van der Waals surface area contributed by atoms with Crippen molar-refractivity contribution in [2.45, 2.75) is 24.6 Å². The highest BCUT2D eigenvalue weighted by Gasteiger charge is 2.20. The topological polar surface area (TPSA) is 78.9 Å². The van der Waals surface area contributed by atoms with Crippen LogP contribution in [0.3, 0.4) is 0 Å². The molecule has 2 atom stereocenters. The maximum Gasteiger partial charge on any atom is 0.223 e. The van der Waals surface area contributed by atoms with Gasteiger partial charge in [0.05, 0.1) is 17.0 Å². The highest BCUT2D eigenvalue weighted by molar-refractivity contribution is 8.00. The van der Waals surface area contributed by atoms with Gasteiger partial charge in [-0.25, -0.2) is 27.3 Å². The monoisotopic (exact) mass is 525 g/mol. The van der Waals surface area contributed by atoms with Gasteiger partial charge >= 0.3 is 0 Å². The standard InChI is InChI=1S/C27H26F3N5OS/c1-37(36,16-17-6-3-2-4-7-17)35-23-10-9-20(25(29)26(23)30)21-12-18-14-32-27(34-24(18)13-22(21)28)33-19-8-5-11-31-15-19/h2-4,6-7,9-10,12-14,19,31H,1,5,8,11,15-16H2,(H,35,36)(H,32,33,34)/t19-,37?/m0/s1. The second-order valence-electron chi connectivity index (χ2n) is 9.10. The van der Waals surface area contributed by atoms with Crippen LogP contribution in [0.1, 0.15) is 18.4 Å². The number of nitrogens with zero attached hydrogens (tertiary/aromatic N) is 2. The molecule has 0 spiro atoms. The van der Waals surface area contributed by atoms with Gasteiger partial charge in [-0.15, -0.1) is 0 Å². The molecule has 0 amide bonds. The van der Waals surface area contributed by atoms with E-state index in [1.807, 2.05) is 6.07 Å². The van der Waals surface area contributed by atoms with Crippen LogP contribution >= 0.6 is 0 Å². The maximum absolute atomic E-state index is 15.1. The Morgan fingerprint density at radius 3 is 2.62 bits per heavy atom. The molecule has 192 valence electrons. The Morgan fingerprint density at radius 1 is 1.05 bits per heavy atom. The second-order valence-corrected chi connectivity index (χ2v) is 11.2. The predicted octanol–water partition coefficient (Wildman–Crippen LogP) is 5.12. The van der Waals surface area contributed by atoms with Gasteiger partial charge in [-0.3, -0.25) is 0 Å². The Balaban J connectivity index is 1.40. The van der Waals surface area contributed by atoms with Crippen molar-refractivity contribution in [3.63, 3.8) is 0 Å². The fraction of sp³-hybridized carbons (Fsp3) is 0.222. The molecule has 0 radical (unpaired) electrons. The Kier molecular flexibility index (Phi) is 7.03. The van der Waals surface area contributed by atoms with Gasteiger partial charge in [0, 0.05) is 51.1 Å².